The molecule has 0 radical (unpaired) electrons. The van der Waals surface area contributed by atoms with Crippen LogP contribution in [0.1, 0.15) is 16.6 Å². The Morgan fingerprint density at radius 2 is 1.88 bits per heavy atom. The van der Waals surface area contributed by atoms with Gasteiger partial charge >= 0.3 is 0 Å². The van der Waals surface area contributed by atoms with Gasteiger partial charge in [0.15, 0.2) is 0 Å². The van der Waals surface area contributed by atoms with Crippen LogP contribution in [0.3, 0.4) is 0 Å². The summed E-state index contributed by atoms with van der Waals surface area (Å²) in [5.41, 5.74) is 6.17. The predicted octanol–water partition coefficient (Wildman–Crippen LogP) is 1.93. The lowest BCUT2D eigenvalue weighted by molar-refractivity contribution is 0.395. The van der Waals surface area contributed by atoms with Crippen molar-refractivity contribution in [1.82, 2.24) is 0 Å². The van der Waals surface area contributed by atoms with Crippen molar-refractivity contribution in [1.29, 1.82) is 0 Å². The lowest BCUT2D eigenvalue weighted by Gasteiger charge is -2.13. The third-order valence-corrected chi connectivity index (χ3v) is 2.15. The molecule has 0 aliphatic rings. The van der Waals surface area contributed by atoms with Gasteiger partial charge in [-0.15, -0.1) is 6.58 Å². The number of hydrogen-bond acceptors (Lipinski definition) is 3. The van der Waals surface area contributed by atoms with E-state index in [2.05, 4.69) is 6.58 Å². The van der Waals surface area contributed by atoms with Crippen LogP contribution in [0.15, 0.2) is 24.8 Å². The van der Waals surface area contributed by atoms with Crippen LogP contribution in [-0.2, 0) is 12.8 Å². The molecule has 16 heavy (non-hydrogen) atoms. The normalized spacial score (nSPS) is 15.4. The fraction of sp³-hybridized carbons (Fsp3) is 0.385. The van der Waals surface area contributed by atoms with Gasteiger partial charge in [-0.05, 0) is 37.0 Å². The molecule has 3 nitrogen and oxygen atoms in total. The second kappa shape index (κ2) is 6.18. The second-order valence-electron chi connectivity index (χ2n) is 3.09. The Kier molecular flexibility index (Phi) is 2.99. The Balaban J connectivity index is 3.42. The van der Waals surface area contributed by atoms with E-state index in [0.717, 1.165) is 0 Å². The molecule has 1 aromatic rings. The molecule has 0 heterocycles. The van der Waals surface area contributed by atoms with Gasteiger partial charge in [0.05, 0.1) is 14.2 Å². The van der Waals surface area contributed by atoms with Crippen molar-refractivity contribution in [3.8, 4) is 11.5 Å². The van der Waals surface area contributed by atoms with Crippen molar-refractivity contribution in [3.63, 3.8) is 0 Å². The number of allylic oxidation sites excluding steroid dienone is 1. The molecule has 0 atom stereocenters. The van der Waals surface area contributed by atoms with Crippen molar-refractivity contribution in [3.05, 3.63) is 35.9 Å². The molecule has 0 unspecified atom stereocenters. The summed E-state index contributed by atoms with van der Waals surface area (Å²) in [4.78, 5) is 0. The van der Waals surface area contributed by atoms with E-state index >= 15 is 0 Å². The van der Waals surface area contributed by atoms with E-state index in [0.29, 0.717) is 17.1 Å². The third-order valence-electron chi connectivity index (χ3n) is 2.15. The van der Waals surface area contributed by atoms with Crippen molar-refractivity contribution < 1.29 is 15.0 Å². The molecule has 1 rings (SSSR count). The van der Waals surface area contributed by atoms with Crippen LogP contribution in [0.2, 0.25) is 0 Å². The minimum atomic E-state index is -1.89. The highest BCUT2D eigenvalue weighted by Crippen LogP contribution is 2.29. The van der Waals surface area contributed by atoms with Gasteiger partial charge < -0.3 is 15.2 Å². The Morgan fingerprint density at radius 3 is 2.38 bits per heavy atom. The van der Waals surface area contributed by atoms with Gasteiger partial charge in [-0.3, -0.25) is 0 Å². The molecule has 0 fully saturated rings. The van der Waals surface area contributed by atoms with Crippen LogP contribution in [0.5, 0.6) is 11.5 Å². The largest absolute Gasteiger partial charge is 0.496 e. The Morgan fingerprint density at radius 1 is 1.31 bits per heavy atom. The number of nitrogens with two attached hydrogens (primary N) is 1. The molecule has 0 amide bonds. The number of hydrogen-bond donors (Lipinski definition) is 1. The standard InChI is InChI=1S/C13H19NO2/c1-4-5-10-8-13(16-3)11(6-7-14)9-12(10)15-2/h4,8-9H,1,5-7,14H2,2-3H3/i5D2,7D2. The van der Waals surface area contributed by atoms with Gasteiger partial charge in [0.1, 0.15) is 11.5 Å². The average Bonchev–Trinajstić information content (AvgIpc) is 2.36. The van der Waals surface area contributed by atoms with Crippen molar-refractivity contribution in [2.45, 2.75) is 12.8 Å². The molecule has 0 aliphatic carbocycles. The van der Waals surface area contributed by atoms with Crippen molar-refractivity contribution in [2.24, 2.45) is 5.73 Å². The van der Waals surface area contributed by atoms with E-state index in [1.54, 1.807) is 6.07 Å². The number of benzene rings is 1. The van der Waals surface area contributed by atoms with Crippen molar-refractivity contribution in [2.75, 3.05) is 20.7 Å². The molecule has 0 aliphatic heterocycles. The van der Waals surface area contributed by atoms with E-state index in [1.165, 1.54) is 26.4 Å². The Bertz CT molecular complexity index is 498. The van der Waals surface area contributed by atoms with Crippen molar-refractivity contribution >= 4 is 0 Å². The van der Waals surface area contributed by atoms with Gasteiger partial charge in [-0.1, -0.05) is 6.08 Å². The molecule has 3 heteroatoms. The highest BCUT2D eigenvalue weighted by Gasteiger charge is 2.09. The highest BCUT2D eigenvalue weighted by atomic mass is 16.5. The molecule has 0 bridgehead atoms. The predicted molar refractivity (Wildman–Crippen MR) is 66.2 cm³/mol. The fourth-order valence-electron chi connectivity index (χ4n) is 1.43. The Hall–Kier alpha value is -1.48. The van der Waals surface area contributed by atoms with E-state index < -0.39 is 12.9 Å². The van der Waals surface area contributed by atoms with Crippen LogP contribution < -0.4 is 15.2 Å². The SMILES string of the molecule is [2H]C([2H])(N)Cc1cc(OC)c(C([2H])([2H])C=C)cc1OC. The number of aryl methyl sites for hydroxylation is 1. The van der Waals surface area contributed by atoms with Crippen LogP contribution in [0.25, 0.3) is 0 Å². The quantitative estimate of drug-likeness (QED) is 0.752. The van der Waals surface area contributed by atoms with E-state index in [-0.39, 0.29) is 12.0 Å². The maximum atomic E-state index is 7.90. The van der Waals surface area contributed by atoms with E-state index in [9.17, 15) is 0 Å². The summed E-state index contributed by atoms with van der Waals surface area (Å²) in [6.07, 6.45) is -0.672. The topological polar surface area (TPSA) is 44.5 Å². The van der Waals surface area contributed by atoms with Crippen LogP contribution in [0, 0.1) is 0 Å². The van der Waals surface area contributed by atoms with Crippen LogP contribution in [0.4, 0.5) is 0 Å². The summed E-state index contributed by atoms with van der Waals surface area (Å²) >= 11 is 0. The van der Waals surface area contributed by atoms with Gasteiger partial charge in [0.2, 0.25) is 0 Å². The zero-order chi connectivity index (χ0) is 15.6. The lowest BCUT2D eigenvalue weighted by Crippen LogP contribution is -2.05. The third kappa shape index (κ3) is 2.76. The first-order valence-electron chi connectivity index (χ1n) is 6.82. The summed E-state index contributed by atoms with van der Waals surface area (Å²) in [6, 6.07) is 3.03. The fourth-order valence-corrected chi connectivity index (χ4v) is 1.43. The summed E-state index contributed by atoms with van der Waals surface area (Å²) in [6.45, 7) is 1.58. The molecule has 88 valence electrons. The van der Waals surface area contributed by atoms with Gasteiger partial charge in [0, 0.05) is 11.0 Å². The molecular formula is C13H19NO2. The van der Waals surface area contributed by atoms with Crippen LogP contribution >= 0.6 is 0 Å². The first kappa shape index (κ1) is 7.74. The zero-order valence-corrected chi connectivity index (χ0v) is 9.54. The maximum absolute atomic E-state index is 7.90. The molecule has 2 N–H and O–H groups in total. The minimum Gasteiger partial charge on any atom is -0.496 e. The molecule has 0 saturated heterocycles. The number of methoxy groups -OCH3 is 2. The second-order valence-corrected chi connectivity index (χ2v) is 3.09. The summed E-state index contributed by atoms with van der Waals surface area (Å²) in [5, 5.41) is 0. The molecule has 1 aromatic carbocycles. The van der Waals surface area contributed by atoms with Crippen LogP contribution in [-0.4, -0.2) is 20.7 Å². The highest BCUT2D eigenvalue weighted by molar-refractivity contribution is 5.47. The number of rotatable bonds is 6. The smallest absolute Gasteiger partial charge is 0.122 e. The van der Waals surface area contributed by atoms with E-state index in [1.807, 2.05) is 0 Å². The minimum absolute atomic E-state index is 0.0656. The monoisotopic (exact) mass is 225 g/mol. The maximum Gasteiger partial charge on any atom is 0.122 e. The first-order valence-corrected chi connectivity index (χ1v) is 4.82. The number of ether oxygens (including phenoxy) is 2. The zero-order valence-electron chi connectivity index (χ0n) is 13.5. The van der Waals surface area contributed by atoms with Gasteiger partial charge in [-0.25, -0.2) is 0 Å². The summed E-state index contributed by atoms with van der Waals surface area (Å²) in [7, 11) is 2.86. The van der Waals surface area contributed by atoms with Gasteiger partial charge in [-0.2, -0.15) is 0 Å². The van der Waals surface area contributed by atoms with Gasteiger partial charge in [0.25, 0.3) is 0 Å². The summed E-state index contributed by atoms with van der Waals surface area (Å²) < 4.78 is 41.0. The average molecular weight is 225 g/mol. The summed E-state index contributed by atoms with van der Waals surface area (Å²) in [5.74, 6) is 0.663. The molecule has 0 saturated carbocycles. The molecular weight excluding hydrogens is 202 g/mol. The van der Waals surface area contributed by atoms with E-state index in [4.69, 9.17) is 20.7 Å². The first-order chi connectivity index (χ1) is 9.14. The molecule has 0 aromatic heterocycles. The lowest BCUT2D eigenvalue weighted by atomic mass is 10.0. The Labute approximate surface area is 102 Å². The molecule has 0 spiro atoms.